The minimum Gasteiger partial charge on any atom is -0.364 e. The predicted octanol–water partition coefficient (Wildman–Crippen LogP) is 1.39. The van der Waals surface area contributed by atoms with Crippen LogP contribution in [0.5, 0.6) is 0 Å². The summed E-state index contributed by atoms with van der Waals surface area (Å²) in [5.41, 5.74) is 1.96. The summed E-state index contributed by atoms with van der Waals surface area (Å²) in [5.74, 6) is -0.363. The molecule has 0 spiro atoms. The Kier molecular flexibility index (Phi) is 4.74. The lowest BCUT2D eigenvalue weighted by atomic mass is 9.92. The Morgan fingerprint density at radius 1 is 1.24 bits per heavy atom. The topological polar surface area (TPSA) is 98.1 Å². The van der Waals surface area contributed by atoms with Crippen molar-refractivity contribution in [2.24, 2.45) is 0 Å². The quantitative estimate of drug-likeness (QED) is 0.786. The number of hydrogen-bond donors (Lipinski definition) is 3. The first-order valence-corrected chi connectivity index (χ1v) is 8.39. The molecule has 0 aliphatic carbocycles. The van der Waals surface area contributed by atoms with Gasteiger partial charge in [-0.1, -0.05) is 0 Å². The molecule has 2 aromatic rings. The number of aromatic amines is 2. The maximum atomic E-state index is 12.7. The number of carbonyl (C=O) groups excluding carboxylic acids is 2. The van der Waals surface area contributed by atoms with Crippen LogP contribution in [0, 0.1) is 6.92 Å². The van der Waals surface area contributed by atoms with Gasteiger partial charge < -0.3 is 20.2 Å². The second kappa shape index (κ2) is 6.96. The summed E-state index contributed by atoms with van der Waals surface area (Å²) in [4.78, 5) is 44.3. The number of nitrogens with zero attached hydrogens (tertiary/aromatic N) is 1. The summed E-state index contributed by atoms with van der Waals surface area (Å²) in [7, 11) is 1.60. The van der Waals surface area contributed by atoms with Crippen molar-refractivity contribution in [2.75, 3.05) is 20.1 Å². The number of carbonyl (C=O) groups is 2. The molecule has 0 bridgehead atoms. The lowest BCUT2D eigenvalue weighted by Gasteiger charge is -2.32. The second-order valence-corrected chi connectivity index (χ2v) is 6.36. The van der Waals surface area contributed by atoms with Crippen molar-refractivity contribution in [1.29, 1.82) is 0 Å². The summed E-state index contributed by atoms with van der Waals surface area (Å²) in [6.45, 7) is 2.87. The Bertz CT molecular complexity index is 852. The molecule has 1 aliphatic heterocycles. The van der Waals surface area contributed by atoms with Crippen molar-refractivity contribution in [3.05, 3.63) is 57.3 Å². The zero-order valence-corrected chi connectivity index (χ0v) is 14.4. The number of nitrogens with one attached hydrogen (secondary N) is 3. The maximum absolute atomic E-state index is 12.7. The zero-order chi connectivity index (χ0) is 18.0. The summed E-state index contributed by atoms with van der Waals surface area (Å²) < 4.78 is 0. The standard InChI is InChI=1S/C18H22N4O3/c1-11-5-6-14(17(24)21-11)18(25)22-9-3-4-12(10-22)15-13(7-8-20-15)16(23)19-2/h5-8,12,20H,3-4,9-10H2,1-2H3,(H,19,23)(H,21,24). The number of rotatable bonds is 3. The summed E-state index contributed by atoms with van der Waals surface area (Å²) >= 11 is 0. The normalized spacial score (nSPS) is 17.4. The third-order valence-electron chi connectivity index (χ3n) is 4.65. The number of likely N-dealkylation sites (tertiary alicyclic amines) is 1. The summed E-state index contributed by atoms with van der Waals surface area (Å²) in [5, 5.41) is 2.63. The number of piperidine rings is 1. The van der Waals surface area contributed by atoms with E-state index in [1.165, 1.54) is 0 Å². The molecular weight excluding hydrogens is 320 g/mol. The molecule has 25 heavy (non-hydrogen) atoms. The molecule has 3 rings (SSSR count). The van der Waals surface area contributed by atoms with Gasteiger partial charge in [-0.05, 0) is 38.0 Å². The molecule has 1 atom stereocenters. The van der Waals surface area contributed by atoms with Crippen LogP contribution >= 0.6 is 0 Å². The third kappa shape index (κ3) is 3.35. The molecule has 2 amide bonds. The van der Waals surface area contributed by atoms with Gasteiger partial charge in [-0.3, -0.25) is 14.4 Å². The van der Waals surface area contributed by atoms with E-state index >= 15 is 0 Å². The molecule has 1 fully saturated rings. The molecule has 3 N–H and O–H groups in total. The Morgan fingerprint density at radius 3 is 2.76 bits per heavy atom. The molecule has 0 saturated carbocycles. The molecule has 1 aliphatic rings. The van der Waals surface area contributed by atoms with Gasteiger partial charge in [0.25, 0.3) is 17.4 Å². The Balaban J connectivity index is 1.82. The van der Waals surface area contributed by atoms with E-state index in [0.29, 0.717) is 18.7 Å². The molecule has 0 radical (unpaired) electrons. The predicted molar refractivity (Wildman–Crippen MR) is 93.9 cm³/mol. The van der Waals surface area contributed by atoms with Crippen LogP contribution in [-0.4, -0.2) is 46.8 Å². The van der Waals surface area contributed by atoms with Gasteiger partial charge in [0.15, 0.2) is 0 Å². The minimum absolute atomic E-state index is 0.0459. The van der Waals surface area contributed by atoms with Gasteiger partial charge in [-0.25, -0.2) is 0 Å². The Labute approximate surface area is 145 Å². The fourth-order valence-corrected chi connectivity index (χ4v) is 3.36. The van der Waals surface area contributed by atoms with Gasteiger partial charge in [-0.2, -0.15) is 0 Å². The minimum atomic E-state index is -0.363. The summed E-state index contributed by atoms with van der Waals surface area (Å²) in [6.07, 6.45) is 3.45. The van der Waals surface area contributed by atoms with Crippen LogP contribution < -0.4 is 10.9 Å². The highest BCUT2D eigenvalue weighted by molar-refractivity contribution is 5.96. The molecule has 7 heteroatoms. The maximum Gasteiger partial charge on any atom is 0.260 e. The van der Waals surface area contributed by atoms with Gasteiger partial charge in [0.2, 0.25) is 0 Å². The molecule has 2 aromatic heterocycles. The van der Waals surface area contributed by atoms with E-state index in [1.807, 2.05) is 0 Å². The fourth-order valence-electron chi connectivity index (χ4n) is 3.36. The molecule has 1 saturated heterocycles. The van der Waals surface area contributed by atoms with Gasteiger partial charge >= 0.3 is 0 Å². The Hall–Kier alpha value is -2.83. The van der Waals surface area contributed by atoms with E-state index in [2.05, 4.69) is 15.3 Å². The van der Waals surface area contributed by atoms with Crippen LogP contribution in [0.1, 0.15) is 50.9 Å². The highest BCUT2D eigenvalue weighted by Gasteiger charge is 2.29. The van der Waals surface area contributed by atoms with Crippen LogP contribution in [-0.2, 0) is 0 Å². The molecule has 132 valence electrons. The number of hydrogen-bond acceptors (Lipinski definition) is 3. The summed E-state index contributed by atoms with van der Waals surface area (Å²) in [6, 6.07) is 5.05. The van der Waals surface area contributed by atoms with Crippen LogP contribution in [0.4, 0.5) is 0 Å². The van der Waals surface area contributed by atoms with Crippen LogP contribution in [0.3, 0.4) is 0 Å². The van der Waals surface area contributed by atoms with E-state index in [4.69, 9.17) is 0 Å². The van der Waals surface area contributed by atoms with E-state index in [-0.39, 0.29) is 28.9 Å². The van der Waals surface area contributed by atoms with Crippen molar-refractivity contribution in [2.45, 2.75) is 25.7 Å². The van der Waals surface area contributed by atoms with E-state index in [1.54, 1.807) is 43.3 Å². The molecular formula is C18H22N4O3. The van der Waals surface area contributed by atoms with Gasteiger partial charge in [0.05, 0.1) is 5.56 Å². The first-order valence-electron chi connectivity index (χ1n) is 8.39. The molecule has 3 heterocycles. The molecule has 7 nitrogen and oxygen atoms in total. The van der Waals surface area contributed by atoms with E-state index in [0.717, 1.165) is 24.2 Å². The van der Waals surface area contributed by atoms with Crippen LogP contribution in [0.25, 0.3) is 0 Å². The molecule has 0 aromatic carbocycles. The third-order valence-corrected chi connectivity index (χ3v) is 4.65. The largest absolute Gasteiger partial charge is 0.364 e. The van der Waals surface area contributed by atoms with Crippen molar-refractivity contribution in [1.82, 2.24) is 20.2 Å². The average molecular weight is 342 g/mol. The first-order chi connectivity index (χ1) is 12.0. The van der Waals surface area contributed by atoms with Crippen molar-refractivity contribution >= 4 is 11.8 Å². The number of pyridine rings is 1. The van der Waals surface area contributed by atoms with Crippen LogP contribution in [0.2, 0.25) is 0 Å². The van der Waals surface area contributed by atoms with E-state index < -0.39 is 0 Å². The lowest BCUT2D eigenvalue weighted by molar-refractivity contribution is 0.0704. The lowest BCUT2D eigenvalue weighted by Crippen LogP contribution is -2.41. The van der Waals surface area contributed by atoms with Crippen LogP contribution in [0.15, 0.2) is 29.2 Å². The number of amides is 2. The monoisotopic (exact) mass is 342 g/mol. The first kappa shape index (κ1) is 17.0. The van der Waals surface area contributed by atoms with Gasteiger partial charge in [-0.15, -0.1) is 0 Å². The number of H-pyrrole nitrogens is 2. The smallest absolute Gasteiger partial charge is 0.260 e. The highest BCUT2D eigenvalue weighted by atomic mass is 16.2. The Morgan fingerprint density at radius 2 is 2.04 bits per heavy atom. The van der Waals surface area contributed by atoms with Crippen molar-refractivity contribution in [3.63, 3.8) is 0 Å². The van der Waals surface area contributed by atoms with Crippen molar-refractivity contribution in [3.8, 4) is 0 Å². The zero-order valence-electron chi connectivity index (χ0n) is 14.4. The van der Waals surface area contributed by atoms with Crippen molar-refractivity contribution < 1.29 is 9.59 Å². The van der Waals surface area contributed by atoms with Gasteiger partial charge in [0, 0.05) is 43.6 Å². The number of aromatic nitrogens is 2. The average Bonchev–Trinajstić information content (AvgIpc) is 3.10. The number of aryl methyl sites for hydroxylation is 1. The highest BCUT2D eigenvalue weighted by Crippen LogP contribution is 2.29. The molecule has 1 unspecified atom stereocenters. The SMILES string of the molecule is CNC(=O)c1cc[nH]c1C1CCCN(C(=O)c2ccc(C)[nH]c2=O)C1. The fraction of sp³-hybridized carbons (Fsp3) is 0.389. The van der Waals surface area contributed by atoms with E-state index in [9.17, 15) is 14.4 Å². The van der Waals surface area contributed by atoms with Gasteiger partial charge in [0.1, 0.15) is 5.56 Å². The second-order valence-electron chi connectivity index (χ2n) is 6.36.